The van der Waals surface area contributed by atoms with E-state index in [9.17, 15) is 4.79 Å². The highest BCUT2D eigenvalue weighted by Gasteiger charge is 2.25. The monoisotopic (exact) mass is 268 g/mol. The fraction of sp³-hybridized carbons (Fsp3) is 0.250. The van der Waals surface area contributed by atoms with Gasteiger partial charge >= 0.3 is 0 Å². The van der Waals surface area contributed by atoms with Crippen molar-refractivity contribution in [3.63, 3.8) is 0 Å². The van der Waals surface area contributed by atoms with Crippen LogP contribution in [0.1, 0.15) is 22.0 Å². The van der Waals surface area contributed by atoms with Crippen LogP contribution in [0.3, 0.4) is 0 Å². The first kappa shape index (κ1) is 12.8. The van der Waals surface area contributed by atoms with Gasteiger partial charge in [0.2, 0.25) is 0 Å². The van der Waals surface area contributed by atoms with E-state index in [2.05, 4.69) is 4.98 Å². The van der Waals surface area contributed by atoms with Crippen LogP contribution < -0.4 is 0 Å². The standard InChI is InChI=1S/C16H16N2O2/c19-16(14-7-4-8-17-11-14)18-9-10-20-15(12-18)13-5-2-1-3-6-13/h1-8,11,15H,9-10,12H2/t15-/m0/s1. The summed E-state index contributed by atoms with van der Waals surface area (Å²) in [6.45, 7) is 1.76. The molecular weight excluding hydrogens is 252 g/mol. The lowest BCUT2D eigenvalue weighted by molar-refractivity contribution is -0.0228. The Labute approximate surface area is 118 Å². The molecule has 0 radical (unpaired) electrons. The Morgan fingerprint density at radius 1 is 1.20 bits per heavy atom. The van der Waals surface area contributed by atoms with Gasteiger partial charge in [-0.25, -0.2) is 0 Å². The number of nitrogens with zero attached hydrogens (tertiary/aromatic N) is 2. The van der Waals surface area contributed by atoms with Crippen LogP contribution in [0, 0.1) is 0 Å². The predicted molar refractivity (Wildman–Crippen MR) is 75.3 cm³/mol. The molecule has 0 bridgehead atoms. The zero-order valence-electron chi connectivity index (χ0n) is 11.1. The van der Waals surface area contributed by atoms with Crippen LogP contribution in [0.5, 0.6) is 0 Å². The van der Waals surface area contributed by atoms with E-state index in [-0.39, 0.29) is 12.0 Å². The molecule has 0 saturated carbocycles. The van der Waals surface area contributed by atoms with Crippen molar-refractivity contribution < 1.29 is 9.53 Å². The van der Waals surface area contributed by atoms with Gasteiger partial charge in [-0.2, -0.15) is 0 Å². The van der Waals surface area contributed by atoms with Crippen molar-refractivity contribution in [3.8, 4) is 0 Å². The number of rotatable bonds is 2. The highest BCUT2D eigenvalue weighted by Crippen LogP contribution is 2.22. The molecule has 2 aromatic rings. The van der Waals surface area contributed by atoms with E-state index in [0.717, 1.165) is 5.56 Å². The van der Waals surface area contributed by atoms with Gasteiger partial charge in [-0.3, -0.25) is 9.78 Å². The van der Waals surface area contributed by atoms with Crippen molar-refractivity contribution in [2.45, 2.75) is 6.10 Å². The van der Waals surface area contributed by atoms with Crippen molar-refractivity contribution >= 4 is 5.91 Å². The van der Waals surface area contributed by atoms with Crippen molar-refractivity contribution in [1.29, 1.82) is 0 Å². The van der Waals surface area contributed by atoms with Gasteiger partial charge < -0.3 is 9.64 Å². The maximum atomic E-state index is 12.4. The van der Waals surface area contributed by atoms with Crippen LogP contribution in [0.4, 0.5) is 0 Å². The first-order chi connectivity index (χ1) is 9.84. The van der Waals surface area contributed by atoms with E-state index in [1.165, 1.54) is 0 Å². The van der Waals surface area contributed by atoms with Gasteiger partial charge in [0.1, 0.15) is 6.10 Å². The summed E-state index contributed by atoms with van der Waals surface area (Å²) in [7, 11) is 0. The summed E-state index contributed by atoms with van der Waals surface area (Å²) in [6, 6.07) is 13.6. The molecule has 1 aromatic heterocycles. The number of hydrogen-bond acceptors (Lipinski definition) is 3. The third-order valence-corrected chi connectivity index (χ3v) is 3.43. The minimum atomic E-state index is -0.0504. The van der Waals surface area contributed by atoms with Gasteiger partial charge in [-0.1, -0.05) is 30.3 Å². The molecule has 1 aliphatic heterocycles. The van der Waals surface area contributed by atoms with Crippen LogP contribution in [-0.2, 0) is 4.74 Å². The SMILES string of the molecule is O=C(c1cccnc1)N1CCO[C@H](c2ccccc2)C1. The Kier molecular flexibility index (Phi) is 3.74. The van der Waals surface area contributed by atoms with Crippen LogP contribution >= 0.6 is 0 Å². The van der Waals surface area contributed by atoms with E-state index in [1.807, 2.05) is 35.2 Å². The van der Waals surface area contributed by atoms with Crippen molar-refractivity contribution in [2.24, 2.45) is 0 Å². The van der Waals surface area contributed by atoms with Crippen molar-refractivity contribution in [3.05, 3.63) is 66.0 Å². The predicted octanol–water partition coefficient (Wildman–Crippen LogP) is 2.30. The first-order valence-electron chi connectivity index (χ1n) is 6.70. The van der Waals surface area contributed by atoms with Crippen molar-refractivity contribution in [1.82, 2.24) is 9.88 Å². The minimum absolute atomic E-state index is 0.0160. The summed E-state index contributed by atoms with van der Waals surface area (Å²) < 4.78 is 5.77. The zero-order chi connectivity index (χ0) is 13.8. The number of carbonyl (C=O) groups is 1. The summed E-state index contributed by atoms with van der Waals surface area (Å²) in [5.74, 6) is 0.0160. The second kappa shape index (κ2) is 5.84. The molecule has 1 saturated heterocycles. The van der Waals surface area contributed by atoms with E-state index in [4.69, 9.17) is 4.74 Å². The molecule has 1 fully saturated rings. The average molecular weight is 268 g/mol. The zero-order valence-corrected chi connectivity index (χ0v) is 11.1. The van der Waals surface area contributed by atoms with Gasteiger partial charge in [0.15, 0.2) is 0 Å². The number of morpholine rings is 1. The van der Waals surface area contributed by atoms with Gasteiger partial charge in [0.25, 0.3) is 5.91 Å². The molecular formula is C16H16N2O2. The number of carbonyl (C=O) groups excluding carboxylic acids is 1. The van der Waals surface area contributed by atoms with E-state index >= 15 is 0 Å². The molecule has 1 aliphatic rings. The number of hydrogen-bond donors (Lipinski definition) is 0. The summed E-state index contributed by atoms with van der Waals surface area (Å²) >= 11 is 0. The molecule has 0 aliphatic carbocycles. The van der Waals surface area contributed by atoms with Gasteiger partial charge in [0, 0.05) is 18.9 Å². The maximum absolute atomic E-state index is 12.4. The van der Waals surface area contributed by atoms with E-state index < -0.39 is 0 Å². The minimum Gasteiger partial charge on any atom is -0.370 e. The lowest BCUT2D eigenvalue weighted by Crippen LogP contribution is -2.42. The average Bonchev–Trinajstić information content (AvgIpc) is 2.56. The number of aromatic nitrogens is 1. The Hall–Kier alpha value is -2.20. The topological polar surface area (TPSA) is 42.4 Å². The lowest BCUT2D eigenvalue weighted by atomic mass is 10.1. The normalized spacial score (nSPS) is 18.8. The van der Waals surface area contributed by atoms with Gasteiger partial charge in [-0.15, -0.1) is 0 Å². The molecule has 4 heteroatoms. The Morgan fingerprint density at radius 3 is 2.80 bits per heavy atom. The molecule has 102 valence electrons. The molecule has 0 unspecified atom stereocenters. The highest BCUT2D eigenvalue weighted by molar-refractivity contribution is 5.93. The second-order valence-electron chi connectivity index (χ2n) is 4.76. The Morgan fingerprint density at radius 2 is 2.05 bits per heavy atom. The fourth-order valence-electron chi connectivity index (χ4n) is 2.37. The summed E-state index contributed by atoms with van der Waals surface area (Å²) in [5.41, 5.74) is 1.73. The number of ether oxygens (including phenoxy) is 1. The molecule has 1 amide bonds. The van der Waals surface area contributed by atoms with Crippen LogP contribution in [0.2, 0.25) is 0 Å². The van der Waals surface area contributed by atoms with Crippen LogP contribution in [0.25, 0.3) is 0 Å². The summed E-state index contributed by atoms with van der Waals surface area (Å²) in [6.07, 6.45) is 3.23. The fourth-order valence-corrected chi connectivity index (χ4v) is 2.37. The van der Waals surface area contributed by atoms with Crippen molar-refractivity contribution in [2.75, 3.05) is 19.7 Å². The summed E-state index contributed by atoms with van der Waals surface area (Å²) in [5, 5.41) is 0. The molecule has 3 rings (SSSR count). The molecule has 0 N–H and O–H groups in total. The molecule has 20 heavy (non-hydrogen) atoms. The maximum Gasteiger partial charge on any atom is 0.255 e. The molecule has 4 nitrogen and oxygen atoms in total. The van der Waals surface area contributed by atoms with E-state index in [0.29, 0.717) is 25.3 Å². The quantitative estimate of drug-likeness (QED) is 0.839. The Balaban J connectivity index is 1.74. The molecule has 1 atom stereocenters. The number of pyridine rings is 1. The molecule has 2 heterocycles. The molecule has 0 spiro atoms. The van der Waals surface area contributed by atoms with Crippen LogP contribution in [0.15, 0.2) is 54.9 Å². The lowest BCUT2D eigenvalue weighted by Gasteiger charge is -2.33. The largest absolute Gasteiger partial charge is 0.370 e. The number of benzene rings is 1. The highest BCUT2D eigenvalue weighted by atomic mass is 16.5. The van der Waals surface area contributed by atoms with Crippen LogP contribution in [-0.4, -0.2) is 35.5 Å². The third-order valence-electron chi connectivity index (χ3n) is 3.43. The first-order valence-corrected chi connectivity index (χ1v) is 6.70. The Bertz CT molecular complexity index is 572. The third kappa shape index (κ3) is 2.70. The smallest absolute Gasteiger partial charge is 0.255 e. The molecule has 1 aromatic carbocycles. The van der Waals surface area contributed by atoms with Gasteiger partial charge in [0.05, 0.1) is 18.7 Å². The summed E-state index contributed by atoms with van der Waals surface area (Å²) in [4.78, 5) is 18.2. The van der Waals surface area contributed by atoms with E-state index in [1.54, 1.807) is 24.5 Å². The van der Waals surface area contributed by atoms with Gasteiger partial charge in [-0.05, 0) is 17.7 Å². The number of amides is 1. The second-order valence-corrected chi connectivity index (χ2v) is 4.76.